The van der Waals surface area contributed by atoms with Gasteiger partial charge in [-0.3, -0.25) is 4.79 Å². The number of rotatable bonds is 3. The number of aromatic nitrogens is 1. The lowest BCUT2D eigenvalue weighted by molar-refractivity contribution is -0.137. The molecule has 8 heteroatoms. The van der Waals surface area contributed by atoms with Crippen molar-refractivity contribution in [2.24, 2.45) is 0 Å². The van der Waals surface area contributed by atoms with E-state index in [1.165, 1.54) is 4.90 Å². The molecule has 2 rings (SSSR count). The largest absolute Gasteiger partial charge is 0.416 e. The lowest BCUT2D eigenvalue weighted by Gasteiger charge is -2.29. The number of alkyl halides is 3. The molecule has 1 saturated heterocycles. The smallest absolute Gasteiger partial charge is 0.350 e. The molecule has 0 unspecified atom stereocenters. The molecule has 0 bridgehead atoms. The van der Waals surface area contributed by atoms with E-state index in [1.807, 2.05) is 0 Å². The molecule has 0 spiro atoms. The lowest BCUT2D eigenvalue weighted by Crippen LogP contribution is -2.49. The van der Waals surface area contributed by atoms with E-state index in [2.05, 4.69) is 10.3 Å². The summed E-state index contributed by atoms with van der Waals surface area (Å²) in [6.07, 6.45) is -3.31. The first-order valence-corrected chi connectivity index (χ1v) is 6.61. The molecule has 116 valence electrons. The van der Waals surface area contributed by atoms with Crippen LogP contribution in [0.2, 0.25) is 0 Å². The van der Waals surface area contributed by atoms with E-state index in [9.17, 15) is 18.0 Å². The Morgan fingerprint density at radius 1 is 1.43 bits per heavy atom. The van der Waals surface area contributed by atoms with Gasteiger partial charge in [-0.05, 0) is 12.1 Å². The first-order chi connectivity index (χ1) is 9.88. The fourth-order valence-electron chi connectivity index (χ4n) is 2.10. The maximum Gasteiger partial charge on any atom is 0.416 e. The van der Waals surface area contributed by atoms with Crippen LogP contribution in [0.25, 0.3) is 0 Å². The zero-order valence-corrected chi connectivity index (χ0v) is 11.7. The van der Waals surface area contributed by atoms with Crippen LogP contribution in [0.3, 0.4) is 0 Å². The number of carbonyl (C=O) groups is 1. The van der Waals surface area contributed by atoms with Gasteiger partial charge in [-0.25, -0.2) is 4.98 Å². The van der Waals surface area contributed by atoms with Crippen LogP contribution in [-0.2, 0) is 11.0 Å². The number of anilines is 1. The Bertz CT molecular complexity index is 500. The first kappa shape index (κ1) is 15.6. The molecule has 1 aliphatic rings. The minimum atomic E-state index is -4.42. The van der Waals surface area contributed by atoms with Crippen molar-refractivity contribution < 1.29 is 18.0 Å². The van der Waals surface area contributed by atoms with Crippen LogP contribution < -0.4 is 10.2 Å². The summed E-state index contributed by atoms with van der Waals surface area (Å²) in [6.45, 7) is 2.70. The van der Waals surface area contributed by atoms with Crippen molar-refractivity contribution in [2.75, 3.05) is 44.7 Å². The van der Waals surface area contributed by atoms with E-state index >= 15 is 0 Å². The number of hydrogen-bond donors (Lipinski definition) is 1. The fraction of sp³-hybridized carbons (Fsp3) is 0.538. The van der Waals surface area contributed by atoms with Gasteiger partial charge >= 0.3 is 6.18 Å². The Kier molecular flexibility index (Phi) is 4.66. The lowest BCUT2D eigenvalue weighted by atomic mass is 10.2. The SMILES string of the molecule is CN(CC(=O)N1CCNCC1)c1cc(C(F)(F)F)ccn1. The van der Waals surface area contributed by atoms with Gasteiger partial charge in [0.15, 0.2) is 0 Å². The van der Waals surface area contributed by atoms with Crippen molar-refractivity contribution in [3.8, 4) is 0 Å². The van der Waals surface area contributed by atoms with E-state index in [4.69, 9.17) is 0 Å². The monoisotopic (exact) mass is 302 g/mol. The molecule has 0 aliphatic carbocycles. The predicted molar refractivity (Wildman–Crippen MR) is 72.0 cm³/mol. The van der Waals surface area contributed by atoms with Gasteiger partial charge in [0.05, 0.1) is 12.1 Å². The molecule has 1 amide bonds. The van der Waals surface area contributed by atoms with Crippen molar-refractivity contribution in [1.82, 2.24) is 15.2 Å². The average molecular weight is 302 g/mol. The number of amides is 1. The predicted octanol–water partition coefficient (Wildman–Crippen LogP) is 0.968. The normalized spacial score (nSPS) is 15.9. The maximum atomic E-state index is 12.7. The minimum Gasteiger partial charge on any atom is -0.350 e. The Morgan fingerprint density at radius 2 is 2.10 bits per heavy atom. The maximum absolute atomic E-state index is 12.7. The van der Waals surface area contributed by atoms with Crippen LogP contribution in [-0.4, -0.2) is 55.6 Å². The third-order valence-electron chi connectivity index (χ3n) is 3.31. The Labute approximate surface area is 120 Å². The number of pyridine rings is 1. The molecule has 1 N–H and O–H groups in total. The summed E-state index contributed by atoms with van der Waals surface area (Å²) in [6, 6.07) is 1.86. The zero-order chi connectivity index (χ0) is 15.5. The third-order valence-corrected chi connectivity index (χ3v) is 3.31. The quantitative estimate of drug-likeness (QED) is 0.904. The molecular formula is C13H17F3N4O. The van der Waals surface area contributed by atoms with Crippen molar-refractivity contribution in [3.05, 3.63) is 23.9 Å². The van der Waals surface area contributed by atoms with Gasteiger partial charge in [0.25, 0.3) is 0 Å². The third kappa shape index (κ3) is 4.07. The van der Waals surface area contributed by atoms with Crippen molar-refractivity contribution in [2.45, 2.75) is 6.18 Å². The summed E-state index contributed by atoms with van der Waals surface area (Å²) >= 11 is 0. The number of halogens is 3. The number of hydrogen-bond acceptors (Lipinski definition) is 4. The van der Waals surface area contributed by atoms with E-state index < -0.39 is 11.7 Å². The molecular weight excluding hydrogens is 285 g/mol. The highest BCUT2D eigenvalue weighted by Gasteiger charge is 2.31. The number of nitrogens with one attached hydrogen (secondary N) is 1. The number of nitrogens with zero attached hydrogens (tertiary/aromatic N) is 3. The standard InChI is InChI=1S/C13H17F3N4O/c1-19(9-12(21)20-6-4-17-5-7-20)11-8-10(2-3-18-11)13(14,15)16/h2-3,8,17H,4-7,9H2,1H3. The highest BCUT2D eigenvalue weighted by atomic mass is 19.4. The molecule has 0 saturated carbocycles. The van der Waals surface area contributed by atoms with Crippen LogP contribution in [0.4, 0.5) is 19.0 Å². The Balaban J connectivity index is 2.02. The van der Waals surface area contributed by atoms with E-state index in [1.54, 1.807) is 11.9 Å². The van der Waals surface area contributed by atoms with Gasteiger partial charge in [-0.1, -0.05) is 0 Å². The highest BCUT2D eigenvalue weighted by molar-refractivity contribution is 5.81. The molecule has 1 aromatic rings. The van der Waals surface area contributed by atoms with Gasteiger partial charge < -0.3 is 15.1 Å². The van der Waals surface area contributed by atoms with Crippen LogP contribution in [0.1, 0.15) is 5.56 Å². The fourth-order valence-corrected chi connectivity index (χ4v) is 2.10. The van der Waals surface area contributed by atoms with Crippen molar-refractivity contribution >= 4 is 11.7 Å². The highest BCUT2D eigenvalue weighted by Crippen LogP contribution is 2.30. The van der Waals surface area contributed by atoms with Gasteiger partial charge in [-0.2, -0.15) is 13.2 Å². The average Bonchev–Trinajstić information content (AvgIpc) is 2.47. The second kappa shape index (κ2) is 6.30. The summed E-state index contributed by atoms with van der Waals surface area (Å²) in [5.74, 6) is 0.0199. The van der Waals surface area contributed by atoms with Crippen molar-refractivity contribution in [1.29, 1.82) is 0 Å². The molecule has 2 heterocycles. The first-order valence-electron chi connectivity index (χ1n) is 6.61. The topological polar surface area (TPSA) is 48.5 Å². The minimum absolute atomic E-state index is 0.00824. The molecule has 1 aromatic heterocycles. The van der Waals surface area contributed by atoms with Gasteiger partial charge in [0.1, 0.15) is 5.82 Å². The van der Waals surface area contributed by atoms with Crippen LogP contribution in [0.5, 0.6) is 0 Å². The molecule has 0 radical (unpaired) electrons. The van der Waals surface area contributed by atoms with Gasteiger partial charge in [-0.15, -0.1) is 0 Å². The van der Waals surface area contributed by atoms with E-state index in [0.717, 1.165) is 31.4 Å². The molecule has 1 fully saturated rings. The van der Waals surface area contributed by atoms with E-state index in [0.29, 0.717) is 13.1 Å². The number of likely N-dealkylation sites (N-methyl/N-ethyl adjacent to an activating group) is 1. The summed E-state index contributed by atoms with van der Waals surface area (Å²) in [7, 11) is 1.56. The summed E-state index contributed by atoms with van der Waals surface area (Å²) < 4.78 is 38.0. The molecule has 21 heavy (non-hydrogen) atoms. The Hall–Kier alpha value is -1.83. The molecule has 0 aromatic carbocycles. The molecule has 0 atom stereocenters. The Morgan fingerprint density at radius 3 is 2.71 bits per heavy atom. The molecule has 5 nitrogen and oxygen atoms in total. The van der Waals surface area contributed by atoms with Crippen molar-refractivity contribution in [3.63, 3.8) is 0 Å². The van der Waals surface area contributed by atoms with Gasteiger partial charge in [0, 0.05) is 39.4 Å². The summed E-state index contributed by atoms with van der Waals surface area (Å²) in [5, 5.41) is 3.13. The summed E-state index contributed by atoms with van der Waals surface area (Å²) in [5.41, 5.74) is -0.769. The number of piperazine rings is 1. The second-order valence-corrected chi connectivity index (χ2v) is 4.89. The van der Waals surface area contributed by atoms with Crippen LogP contribution in [0.15, 0.2) is 18.3 Å². The molecule has 1 aliphatic heterocycles. The number of carbonyl (C=O) groups excluding carboxylic acids is 1. The zero-order valence-electron chi connectivity index (χ0n) is 11.7. The second-order valence-electron chi connectivity index (χ2n) is 4.89. The summed E-state index contributed by atoms with van der Waals surface area (Å²) in [4.78, 5) is 19.1. The van der Waals surface area contributed by atoms with Crippen LogP contribution in [0, 0.1) is 0 Å². The van der Waals surface area contributed by atoms with E-state index in [-0.39, 0.29) is 18.3 Å². The van der Waals surface area contributed by atoms with Gasteiger partial charge in [0.2, 0.25) is 5.91 Å². The van der Waals surface area contributed by atoms with Crippen LogP contribution >= 0.6 is 0 Å².